The lowest BCUT2D eigenvalue weighted by molar-refractivity contribution is -0.111. The molecular weight excluding hydrogens is 375 g/mol. The first kappa shape index (κ1) is 19.3. The predicted molar refractivity (Wildman–Crippen MR) is 97.1 cm³/mol. The monoisotopic (exact) mass is 394 g/mol. The van der Waals surface area contributed by atoms with Crippen LogP contribution in [0.2, 0.25) is 0 Å². The van der Waals surface area contributed by atoms with Gasteiger partial charge in [0.25, 0.3) is 0 Å². The SMILES string of the molecule is Cc1ccc(C=CC(=O)Nc2ccc(F)c(S(=O)(=O)N3CCOCC3)c2)o1. The zero-order valence-electron chi connectivity index (χ0n) is 14.6. The Morgan fingerprint density at radius 3 is 2.63 bits per heavy atom. The second-order valence-electron chi connectivity index (χ2n) is 5.93. The number of carbonyl (C=O) groups is 1. The molecule has 1 amide bonds. The standard InChI is InChI=1S/C18H19FN2O5S/c1-13-2-4-15(26-13)5-7-18(22)20-14-3-6-16(19)17(12-14)27(23,24)21-8-10-25-11-9-21/h2-7,12H,8-11H2,1H3,(H,20,22). The molecule has 0 spiro atoms. The summed E-state index contributed by atoms with van der Waals surface area (Å²) in [6, 6.07) is 6.91. The number of carbonyl (C=O) groups excluding carboxylic acids is 1. The number of morpholine rings is 1. The lowest BCUT2D eigenvalue weighted by Gasteiger charge is -2.26. The van der Waals surface area contributed by atoms with E-state index >= 15 is 0 Å². The number of rotatable bonds is 5. The summed E-state index contributed by atoms with van der Waals surface area (Å²) in [7, 11) is -4.01. The highest BCUT2D eigenvalue weighted by Crippen LogP contribution is 2.24. The van der Waals surface area contributed by atoms with E-state index in [9.17, 15) is 17.6 Å². The highest BCUT2D eigenvalue weighted by molar-refractivity contribution is 7.89. The van der Waals surface area contributed by atoms with Gasteiger partial charge in [-0.1, -0.05) is 0 Å². The first-order valence-corrected chi connectivity index (χ1v) is 9.73. The second-order valence-corrected chi connectivity index (χ2v) is 7.84. The summed E-state index contributed by atoms with van der Waals surface area (Å²) in [5.41, 5.74) is 0.175. The first-order valence-electron chi connectivity index (χ1n) is 8.29. The van der Waals surface area contributed by atoms with E-state index in [1.165, 1.54) is 22.5 Å². The van der Waals surface area contributed by atoms with Crippen molar-refractivity contribution in [2.45, 2.75) is 11.8 Å². The molecule has 0 unspecified atom stereocenters. The Kier molecular flexibility index (Phi) is 5.73. The van der Waals surface area contributed by atoms with Crippen LogP contribution in [-0.4, -0.2) is 44.9 Å². The minimum atomic E-state index is -4.01. The molecule has 1 aliphatic heterocycles. The summed E-state index contributed by atoms with van der Waals surface area (Å²) >= 11 is 0. The zero-order chi connectivity index (χ0) is 19.4. The van der Waals surface area contributed by atoms with Crippen LogP contribution in [0.3, 0.4) is 0 Å². The molecule has 3 rings (SSSR count). The van der Waals surface area contributed by atoms with Crippen molar-refractivity contribution < 1.29 is 26.8 Å². The van der Waals surface area contributed by atoms with Crippen molar-refractivity contribution in [1.29, 1.82) is 0 Å². The van der Waals surface area contributed by atoms with Gasteiger partial charge in [0.05, 0.1) is 13.2 Å². The van der Waals surface area contributed by atoms with Gasteiger partial charge in [-0.25, -0.2) is 12.8 Å². The minimum Gasteiger partial charge on any atom is -0.462 e. The third-order valence-corrected chi connectivity index (χ3v) is 5.86. The van der Waals surface area contributed by atoms with Crippen molar-refractivity contribution in [3.8, 4) is 0 Å². The van der Waals surface area contributed by atoms with Crippen LogP contribution in [0.25, 0.3) is 6.08 Å². The van der Waals surface area contributed by atoms with Gasteiger partial charge in [-0.15, -0.1) is 0 Å². The number of sulfonamides is 1. The number of furan rings is 1. The van der Waals surface area contributed by atoms with Gasteiger partial charge in [0.2, 0.25) is 15.9 Å². The van der Waals surface area contributed by atoms with Crippen molar-refractivity contribution in [2.24, 2.45) is 0 Å². The van der Waals surface area contributed by atoms with Crippen molar-refractivity contribution in [2.75, 3.05) is 31.6 Å². The molecule has 9 heteroatoms. The van der Waals surface area contributed by atoms with Crippen LogP contribution in [-0.2, 0) is 19.6 Å². The summed E-state index contributed by atoms with van der Waals surface area (Å²) < 4.78 is 51.1. The van der Waals surface area contributed by atoms with Crippen LogP contribution < -0.4 is 5.32 Å². The summed E-state index contributed by atoms with van der Waals surface area (Å²) in [4.78, 5) is 11.6. The van der Waals surface area contributed by atoms with Crippen molar-refractivity contribution >= 4 is 27.7 Å². The molecule has 1 aromatic carbocycles. The van der Waals surface area contributed by atoms with E-state index in [0.29, 0.717) is 11.5 Å². The zero-order valence-corrected chi connectivity index (χ0v) is 15.5. The average molecular weight is 394 g/mol. The van der Waals surface area contributed by atoms with Crippen LogP contribution in [0, 0.1) is 12.7 Å². The molecule has 1 N–H and O–H groups in total. The number of hydrogen-bond acceptors (Lipinski definition) is 5. The van der Waals surface area contributed by atoms with Crippen LogP contribution in [0.5, 0.6) is 0 Å². The van der Waals surface area contributed by atoms with E-state index in [-0.39, 0.29) is 32.0 Å². The smallest absolute Gasteiger partial charge is 0.248 e. The highest BCUT2D eigenvalue weighted by Gasteiger charge is 2.29. The van der Waals surface area contributed by atoms with Crippen LogP contribution >= 0.6 is 0 Å². The number of halogens is 1. The van der Waals surface area contributed by atoms with Crippen molar-refractivity contribution in [3.63, 3.8) is 0 Å². The molecule has 0 saturated carbocycles. The Hall–Kier alpha value is -2.49. The maximum atomic E-state index is 14.2. The Morgan fingerprint density at radius 2 is 1.96 bits per heavy atom. The molecule has 0 aliphatic carbocycles. The van der Waals surface area contributed by atoms with Crippen LogP contribution in [0.4, 0.5) is 10.1 Å². The average Bonchev–Trinajstić information content (AvgIpc) is 3.07. The fourth-order valence-corrected chi connectivity index (χ4v) is 4.09. The van der Waals surface area contributed by atoms with E-state index < -0.39 is 26.6 Å². The molecule has 0 radical (unpaired) electrons. The molecule has 0 atom stereocenters. The normalized spacial score (nSPS) is 15.9. The Labute approximate surface area is 156 Å². The molecule has 1 saturated heterocycles. The molecule has 2 heterocycles. The van der Waals surface area contributed by atoms with Gasteiger partial charge in [0, 0.05) is 24.9 Å². The number of nitrogens with one attached hydrogen (secondary N) is 1. The van der Waals surface area contributed by atoms with Crippen molar-refractivity contribution in [1.82, 2.24) is 4.31 Å². The maximum absolute atomic E-state index is 14.2. The molecule has 27 heavy (non-hydrogen) atoms. The third-order valence-electron chi connectivity index (χ3n) is 3.95. The Morgan fingerprint density at radius 1 is 1.22 bits per heavy atom. The number of amides is 1. The lowest BCUT2D eigenvalue weighted by Crippen LogP contribution is -2.40. The molecular formula is C18H19FN2O5S. The van der Waals surface area contributed by atoms with Gasteiger partial charge in [-0.05, 0) is 43.3 Å². The lowest BCUT2D eigenvalue weighted by atomic mass is 10.3. The van der Waals surface area contributed by atoms with Gasteiger partial charge >= 0.3 is 0 Å². The summed E-state index contributed by atoms with van der Waals surface area (Å²) in [5, 5.41) is 2.52. The van der Waals surface area contributed by atoms with Gasteiger partial charge in [0.15, 0.2) is 0 Å². The quantitative estimate of drug-likeness (QED) is 0.787. The maximum Gasteiger partial charge on any atom is 0.248 e. The fraction of sp³-hybridized carbons (Fsp3) is 0.278. The molecule has 144 valence electrons. The number of ether oxygens (including phenoxy) is 1. The van der Waals surface area contributed by atoms with E-state index in [1.807, 2.05) is 0 Å². The highest BCUT2D eigenvalue weighted by atomic mass is 32.2. The van der Waals surface area contributed by atoms with Gasteiger partial charge in [0.1, 0.15) is 22.2 Å². The Balaban J connectivity index is 1.76. The molecule has 1 aliphatic rings. The van der Waals surface area contributed by atoms with E-state index in [4.69, 9.17) is 9.15 Å². The number of aryl methyl sites for hydroxylation is 1. The van der Waals surface area contributed by atoms with Crippen LogP contribution in [0.1, 0.15) is 11.5 Å². The summed E-state index contributed by atoms with van der Waals surface area (Å²) in [5.74, 6) is -0.143. The van der Waals surface area contributed by atoms with Crippen LogP contribution in [0.15, 0.2) is 45.7 Å². The van der Waals surface area contributed by atoms with Gasteiger partial charge < -0.3 is 14.5 Å². The van der Waals surface area contributed by atoms with E-state index in [1.54, 1.807) is 19.1 Å². The number of hydrogen-bond donors (Lipinski definition) is 1. The van der Waals surface area contributed by atoms with Crippen molar-refractivity contribution in [3.05, 3.63) is 53.7 Å². The summed E-state index contributed by atoms with van der Waals surface area (Å²) in [6.07, 6.45) is 2.73. The first-order chi connectivity index (χ1) is 12.9. The largest absolute Gasteiger partial charge is 0.462 e. The van der Waals surface area contributed by atoms with E-state index in [0.717, 1.165) is 12.1 Å². The minimum absolute atomic E-state index is 0.156. The molecule has 2 aromatic rings. The molecule has 7 nitrogen and oxygen atoms in total. The fourth-order valence-electron chi connectivity index (χ4n) is 2.59. The third kappa shape index (κ3) is 4.62. The van der Waals surface area contributed by atoms with Gasteiger partial charge in [-0.3, -0.25) is 4.79 Å². The van der Waals surface area contributed by atoms with E-state index in [2.05, 4.69) is 5.32 Å². The molecule has 0 bridgehead atoms. The topological polar surface area (TPSA) is 88.9 Å². The predicted octanol–water partition coefficient (Wildman–Crippen LogP) is 2.40. The number of benzene rings is 1. The molecule has 1 aromatic heterocycles. The Bertz CT molecular complexity index is 962. The number of anilines is 1. The van der Waals surface area contributed by atoms with Gasteiger partial charge in [-0.2, -0.15) is 4.31 Å². The summed E-state index contributed by atoms with van der Waals surface area (Å²) in [6.45, 7) is 2.61. The molecule has 1 fully saturated rings. The number of nitrogens with zero attached hydrogens (tertiary/aromatic N) is 1. The second kappa shape index (κ2) is 8.03.